The first-order chi connectivity index (χ1) is 10.1. The van der Waals surface area contributed by atoms with Crippen LogP contribution in [0.2, 0.25) is 5.02 Å². The van der Waals surface area contributed by atoms with E-state index in [9.17, 15) is 4.79 Å². The number of aromatic nitrogens is 1. The number of carbonyl (C=O) groups excluding carboxylic acids is 1. The molecule has 1 heterocycles. The number of hydrogen-bond donors (Lipinski definition) is 1. The number of halogens is 2. The molecule has 1 N–H and O–H groups in total. The summed E-state index contributed by atoms with van der Waals surface area (Å²) in [5.41, 5.74) is 1.06. The van der Waals surface area contributed by atoms with Gasteiger partial charge in [-0.2, -0.15) is 0 Å². The Morgan fingerprint density at radius 2 is 1.81 bits per heavy atom. The SMILES string of the molecule is O=C(Nc1ccc2cc(Br)ccc2c1)c1ccc(Cl)cn1. The minimum absolute atomic E-state index is 0.261. The monoisotopic (exact) mass is 360 g/mol. The molecular formula is C16H10BrClN2O. The van der Waals surface area contributed by atoms with E-state index in [-0.39, 0.29) is 5.91 Å². The van der Waals surface area contributed by atoms with Crippen LogP contribution in [-0.4, -0.2) is 10.9 Å². The van der Waals surface area contributed by atoms with Crippen molar-refractivity contribution in [3.05, 3.63) is 69.9 Å². The first-order valence-electron chi connectivity index (χ1n) is 6.24. The minimum Gasteiger partial charge on any atom is -0.321 e. The Hall–Kier alpha value is -1.91. The Balaban J connectivity index is 1.85. The Kier molecular flexibility index (Phi) is 3.90. The number of amides is 1. The van der Waals surface area contributed by atoms with Gasteiger partial charge >= 0.3 is 0 Å². The molecule has 0 aliphatic rings. The number of nitrogens with zero attached hydrogens (tertiary/aromatic N) is 1. The lowest BCUT2D eigenvalue weighted by Gasteiger charge is -2.06. The van der Waals surface area contributed by atoms with Crippen LogP contribution < -0.4 is 5.32 Å². The van der Waals surface area contributed by atoms with Crippen LogP contribution in [-0.2, 0) is 0 Å². The molecule has 0 saturated heterocycles. The third kappa shape index (κ3) is 3.23. The highest BCUT2D eigenvalue weighted by atomic mass is 79.9. The number of anilines is 1. The van der Waals surface area contributed by atoms with Crippen molar-refractivity contribution in [3.8, 4) is 0 Å². The molecule has 2 aromatic carbocycles. The molecule has 3 aromatic rings. The fourth-order valence-electron chi connectivity index (χ4n) is 2.00. The predicted molar refractivity (Wildman–Crippen MR) is 88.8 cm³/mol. The molecule has 0 aliphatic heterocycles. The van der Waals surface area contributed by atoms with Gasteiger partial charge in [-0.05, 0) is 47.2 Å². The van der Waals surface area contributed by atoms with E-state index in [1.807, 2.05) is 36.4 Å². The van der Waals surface area contributed by atoms with Gasteiger partial charge in [0, 0.05) is 16.4 Å². The zero-order valence-corrected chi connectivity index (χ0v) is 13.1. The van der Waals surface area contributed by atoms with Crippen molar-refractivity contribution in [1.82, 2.24) is 4.98 Å². The third-order valence-corrected chi connectivity index (χ3v) is 3.74. The highest BCUT2D eigenvalue weighted by Gasteiger charge is 2.07. The Morgan fingerprint density at radius 3 is 2.57 bits per heavy atom. The second kappa shape index (κ2) is 5.84. The topological polar surface area (TPSA) is 42.0 Å². The maximum absolute atomic E-state index is 12.1. The molecular weight excluding hydrogens is 352 g/mol. The van der Waals surface area contributed by atoms with Crippen molar-refractivity contribution in [3.63, 3.8) is 0 Å². The second-order valence-electron chi connectivity index (χ2n) is 4.52. The lowest BCUT2D eigenvalue weighted by Crippen LogP contribution is -2.13. The molecule has 0 atom stereocenters. The lowest BCUT2D eigenvalue weighted by atomic mass is 10.1. The number of benzene rings is 2. The summed E-state index contributed by atoms with van der Waals surface area (Å²) >= 11 is 9.20. The second-order valence-corrected chi connectivity index (χ2v) is 5.87. The van der Waals surface area contributed by atoms with Gasteiger partial charge in [0.15, 0.2) is 0 Å². The van der Waals surface area contributed by atoms with E-state index in [2.05, 4.69) is 26.2 Å². The van der Waals surface area contributed by atoms with Crippen molar-refractivity contribution in [1.29, 1.82) is 0 Å². The Morgan fingerprint density at radius 1 is 1.05 bits per heavy atom. The van der Waals surface area contributed by atoms with E-state index in [4.69, 9.17) is 11.6 Å². The van der Waals surface area contributed by atoms with Gasteiger partial charge in [0.2, 0.25) is 0 Å². The molecule has 21 heavy (non-hydrogen) atoms. The van der Waals surface area contributed by atoms with Gasteiger partial charge in [-0.1, -0.05) is 39.7 Å². The highest BCUT2D eigenvalue weighted by molar-refractivity contribution is 9.10. The number of fused-ring (bicyclic) bond motifs is 1. The van der Waals surface area contributed by atoms with Crippen molar-refractivity contribution in [2.24, 2.45) is 0 Å². The molecule has 0 fully saturated rings. The zero-order valence-electron chi connectivity index (χ0n) is 10.8. The summed E-state index contributed by atoms with van der Waals surface area (Å²) in [7, 11) is 0. The molecule has 0 radical (unpaired) electrons. The Bertz CT molecular complexity index is 818. The van der Waals surface area contributed by atoms with Crippen LogP contribution in [0, 0.1) is 0 Å². The Labute approximate surface area is 135 Å². The molecule has 0 unspecified atom stereocenters. The summed E-state index contributed by atoms with van der Waals surface area (Å²) in [6, 6.07) is 15.0. The first-order valence-corrected chi connectivity index (χ1v) is 7.41. The number of rotatable bonds is 2. The summed E-state index contributed by atoms with van der Waals surface area (Å²) < 4.78 is 1.03. The van der Waals surface area contributed by atoms with Crippen LogP contribution in [0.15, 0.2) is 59.2 Å². The van der Waals surface area contributed by atoms with Gasteiger partial charge in [-0.25, -0.2) is 4.98 Å². The first kappa shape index (κ1) is 14.0. The number of pyridine rings is 1. The molecule has 1 aromatic heterocycles. The van der Waals surface area contributed by atoms with Crippen molar-refractivity contribution >= 4 is 49.9 Å². The predicted octanol–water partition coefficient (Wildman–Crippen LogP) is 4.90. The smallest absolute Gasteiger partial charge is 0.274 e. The highest BCUT2D eigenvalue weighted by Crippen LogP contribution is 2.23. The van der Waals surface area contributed by atoms with E-state index in [0.717, 1.165) is 20.9 Å². The van der Waals surface area contributed by atoms with Crippen molar-refractivity contribution < 1.29 is 4.79 Å². The normalized spacial score (nSPS) is 10.6. The fourth-order valence-corrected chi connectivity index (χ4v) is 2.49. The van der Waals surface area contributed by atoms with Crippen molar-refractivity contribution in [2.45, 2.75) is 0 Å². The standard InChI is InChI=1S/C16H10BrClN2O/c17-12-3-1-11-8-14(5-2-10(11)7-12)20-16(21)15-6-4-13(18)9-19-15/h1-9H,(H,20,21). The molecule has 5 heteroatoms. The maximum Gasteiger partial charge on any atom is 0.274 e. The average molecular weight is 362 g/mol. The van der Waals surface area contributed by atoms with E-state index >= 15 is 0 Å². The van der Waals surface area contributed by atoms with Crippen LogP contribution >= 0.6 is 27.5 Å². The van der Waals surface area contributed by atoms with Gasteiger partial charge in [0.1, 0.15) is 5.69 Å². The van der Waals surface area contributed by atoms with Gasteiger partial charge < -0.3 is 5.32 Å². The van der Waals surface area contributed by atoms with Crippen LogP contribution in [0.4, 0.5) is 5.69 Å². The molecule has 104 valence electrons. The summed E-state index contributed by atoms with van der Waals surface area (Å²) in [5.74, 6) is -0.261. The van der Waals surface area contributed by atoms with E-state index < -0.39 is 0 Å². The molecule has 0 spiro atoms. The van der Waals surface area contributed by atoms with Gasteiger partial charge in [0.25, 0.3) is 5.91 Å². The molecule has 3 nitrogen and oxygen atoms in total. The number of hydrogen-bond acceptors (Lipinski definition) is 2. The summed E-state index contributed by atoms with van der Waals surface area (Å²) in [6.07, 6.45) is 1.45. The van der Waals surface area contributed by atoms with Gasteiger partial charge in [0.05, 0.1) is 5.02 Å². The molecule has 0 aliphatic carbocycles. The minimum atomic E-state index is -0.261. The van der Waals surface area contributed by atoms with Crippen LogP contribution in [0.1, 0.15) is 10.5 Å². The summed E-state index contributed by atoms with van der Waals surface area (Å²) in [4.78, 5) is 16.1. The molecule has 0 bridgehead atoms. The van der Waals surface area contributed by atoms with E-state index in [1.54, 1.807) is 12.1 Å². The summed E-state index contributed by atoms with van der Waals surface area (Å²) in [6.45, 7) is 0. The molecule has 3 rings (SSSR count). The van der Waals surface area contributed by atoms with Crippen LogP contribution in [0.25, 0.3) is 10.8 Å². The lowest BCUT2D eigenvalue weighted by molar-refractivity contribution is 0.102. The fraction of sp³-hybridized carbons (Fsp3) is 0. The number of carbonyl (C=O) groups is 1. The quantitative estimate of drug-likeness (QED) is 0.705. The van der Waals surface area contributed by atoms with Gasteiger partial charge in [-0.3, -0.25) is 4.79 Å². The third-order valence-electron chi connectivity index (χ3n) is 3.02. The summed E-state index contributed by atoms with van der Waals surface area (Å²) in [5, 5.41) is 5.49. The number of nitrogens with one attached hydrogen (secondary N) is 1. The molecule has 0 saturated carbocycles. The largest absolute Gasteiger partial charge is 0.321 e. The maximum atomic E-state index is 12.1. The van der Waals surface area contributed by atoms with Gasteiger partial charge in [-0.15, -0.1) is 0 Å². The van der Waals surface area contributed by atoms with Crippen molar-refractivity contribution in [2.75, 3.05) is 5.32 Å². The van der Waals surface area contributed by atoms with Crippen LogP contribution in [0.3, 0.4) is 0 Å². The van der Waals surface area contributed by atoms with Crippen LogP contribution in [0.5, 0.6) is 0 Å². The van der Waals surface area contributed by atoms with E-state index in [0.29, 0.717) is 10.7 Å². The van der Waals surface area contributed by atoms with E-state index in [1.165, 1.54) is 6.20 Å². The zero-order chi connectivity index (χ0) is 14.8. The average Bonchev–Trinajstić information content (AvgIpc) is 2.48. The molecule has 1 amide bonds.